The second-order valence-electron chi connectivity index (χ2n) is 4.04. The summed E-state index contributed by atoms with van der Waals surface area (Å²) < 4.78 is 52.6. The van der Waals surface area contributed by atoms with E-state index in [-0.39, 0.29) is 11.3 Å². The largest absolute Gasteiger partial charge is 0.322 e. The standard InChI is InChI=1S/C13H9F4N3O/c14-8-2-1-7(5-9(8)15)19-13(21)6-3-10(16)12(20-18)11(17)4-6/h1-5,20H,18H2,(H,19,21). The number of nitrogens with two attached hydrogens (primary N) is 1. The van der Waals surface area contributed by atoms with Gasteiger partial charge in [0.2, 0.25) is 0 Å². The summed E-state index contributed by atoms with van der Waals surface area (Å²) in [6.07, 6.45) is 0. The quantitative estimate of drug-likeness (QED) is 0.464. The van der Waals surface area contributed by atoms with Crippen LogP contribution in [0.3, 0.4) is 0 Å². The molecular weight excluding hydrogens is 290 g/mol. The molecule has 0 fully saturated rings. The maximum atomic E-state index is 13.5. The SMILES string of the molecule is NNc1c(F)cc(C(=O)Nc2ccc(F)c(F)c2)cc1F. The predicted molar refractivity (Wildman–Crippen MR) is 68.5 cm³/mol. The van der Waals surface area contributed by atoms with Crippen molar-refractivity contribution in [1.29, 1.82) is 0 Å². The van der Waals surface area contributed by atoms with Crippen molar-refractivity contribution in [3.05, 3.63) is 59.2 Å². The maximum Gasteiger partial charge on any atom is 0.255 e. The molecule has 0 aliphatic carbocycles. The van der Waals surface area contributed by atoms with Gasteiger partial charge in [0.15, 0.2) is 23.3 Å². The van der Waals surface area contributed by atoms with Crippen molar-refractivity contribution < 1.29 is 22.4 Å². The van der Waals surface area contributed by atoms with Crippen molar-refractivity contribution >= 4 is 17.3 Å². The maximum absolute atomic E-state index is 13.5. The van der Waals surface area contributed by atoms with Gasteiger partial charge >= 0.3 is 0 Å². The van der Waals surface area contributed by atoms with Crippen LogP contribution >= 0.6 is 0 Å². The molecule has 1 amide bonds. The summed E-state index contributed by atoms with van der Waals surface area (Å²) in [6, 6.07) is 4.18. The lowest BCUT2D eigenvalue weighted by Crippen LogP contribution is -2.15. The molecule has 0 saturated heterocycles. The van der Waals surface area contributed by atoms with E-state index in [1.54, 1.807) is 0 Å². The number of benzene rings is 2. The first-order valence-electron chi connectivity index (χ1n) is 5.64. The summed E-state index contributed by atoms with van der Waals surface area (Å²) in [5.41, 5.74) is 0.842. The number of carbonyl (C=O) groups is 1. The van der Waals surface area contributed by atoms with E-state index in [1.165, 1.54) is 0 Å². The molecule has 0 spiro atoms. The van der Waals surface area contributed by atoms with Crippen molar-refractivity contribution in [3.8, 4) is 0 Å². The summed E-state index contributed by atoms with van der Waals surface area (Å²) in [5, 5.41) is 2.19. The van der Waals surface area contributed by atoms with Crippen molar-refractivity contribution in [2.75, 3.05) is 10.7 Å². The van der Waals surface area contributed by atoms with E-state index in [0.717, 1.165) is 30.3 Å². The number of amides is 1. The Bertz CT molecular complexity index is 683. The van der Waals surface area contributed by atoms with Gasteiger partial charge in [0.25, 0.3) is 5.91 Å². The highest BCUT2D eigenvalue weighted by molar-refractivity contribution is 6.04. The van der Waals surface area contributed by atoms with Gasteiger partial charge in [-0.05, 0) is 24.3 Å². The highest BCUT2D eigenvalue weighted by Crippen LogP contribution is 2.21. The number of hydrogen-bond acceptors (Lipinski definition) is 3. The molecular formula is C13H9F4N3O. The molecule has 0 aromatic heterocycles. The monoisotopic (exact) mass is 299 g/mol. The van der Waals surface area contributed by atoms with Gasteiger partial charge in [-0.25, -0.2) is 17.6 Å². The van der Waals surface area contributed by atoms with E-state index in [9.17, 15) is 22.4 Å². The Balaban J connectivity index is 2.26. The highest BCUT2D eigenvalue weighted by Gasteiger charge is 2.15. The van der Waals surface area contributed by atoms with Crippen LogP contribution in [-0.4, -0.2) is 5.91 Å². The second kappa shape index (κ2) is 5.80. The fourth-order valence-electron chi connectivity index (χ4n) is 1.62. The first-order chi connectivity index (χ1) is 9.92. The molecule has 0 saturated carbocycles. The predicted octanol–water partition coefficient (Wildman–Crippen LogP) is 2.78. The summed E-state index contributed by atoms with van der Waals surface area (Å²) in [7, 11) is 0. The second-order valence-corrected chi connectivity index (χ2v) is 4.04. The van der Waals surface area contributed by atoms with Crippen LogP contribution in [0.15, 0.2) is 30.3 Å². The normalized spacial score (nSPS) is 10.3. The van der Waals surface area contributed by atoms with Crippen molar-refractivity contribution in [2.45, 2.75) is 0 Å². The minimum absolute atomic E-state index is 0.0549. The third kappa shape index (κ3) is 3.11. The average molecular weight is 299 g/mol. The third-order valence-corrected chi connectivity index (χ3v) is 2.63. The van der Waals surface area contributed by atoms with Gasteiger partial charge in [0.1, 0.15) is 5.69 Å². The number of rotatable bonds is 3. The van der Waals surface area contributed by atoms with Gasteiger partial charge in [-0.2, -0.15) is 0 Å². The molecule has 0 heterocycles. The van der Waals surface area contributed by atoms with Crippen LogP contribution in [0.1, 0.15) is 10.4 Å². The molecule has 8 heteroatoms. The molecule has 0 radical (unpaired) electrons. The molecule has 4 N–H and O–H groups in total. The minimum atomic E-state index is -1.16. The van der Waals surface area contributed by atoms with Crippen LogP contribution in [0.25, 0.3) is 0 Å². The molecule has 0 aliphatic rings. The Morgan fingerprint density at radius 2 is 1.52 bits per heavy atom. The zero-order chi connectivity index (χ0) is 15.6. The van der Waals surface area contributed by atoms with E-state index in [1.807, 2.05) is 5.43 Å². The molecule has 2 aromatic rings. The number of halogens is 4. The molecule has 21 heavy (non-hydrogen) atoms. The molecule has 4 nitrogen and oxygen atoms in total. The lowest BCUT2D eigenvalue weighted by molar-refractivity contribution is 0.102. The van der Waals surface area contributed by atoms with Gasteiger partial charge < -0.3 is 10.7 Å². The van der Waals surface area contributed by atoms with Crippen LogP contribution < -0.4 is 16.6 Å². The highest BCUT2D eigenvalue weighted by atomic mass is 19.2. The Labute approximate surface area is 116 Å². The average Bonchev–Trinajstić information content (AvgIpc) is 2.42. The minimum Gasteiger partial charge on any atom is -0.322 e. The van der Waals surface area contributed by atoms with E-state index in [0.29, 0.717) is 0 Å². The van der Waals surface area contributed by atoms with Gasteiger partial charge in [-0.15, -0.1) is 0 Å². The van der Waals surface area contributed by atoms with Gasteiger partial charge in [0.05, 0.1) is 0 Å². The van der Waals surface area contributed by atoms with Crippen molar-refractivity contribution in [3.63, 3.8) is 0 Å². The number of nitrogen functional groups attached to an aromatic ring is 1. The van der Waals surface area contributed by atoms with Gasteiger partial charge in [-0.1, -0.05) is 0 Å². The van der Waals surface area contributed by atoms with Crippen LogP contribution in [0.2, 0.25) is 0 Å². The number of anilines is 2. The Morgan fingerprint density at radius 1 is 0.905 bits per heavy atom. The lowest BCUT2D eigenvalue weighted by atomic mass is 10.1. The molecule has 110 valence electrons. The zero-order valence-corrected chi connectivity index (χ0v) is 10.4. The molecule has 0 aliphatic heterocycles. The number of nitrogens with one attached hydrogen (secondary N) is 2. The lowest BCUT2D eigenvalue weighted by Gasteiger charge is -2.08. The summed E-state index contributed by atoms with van der Waals surface area (Å²) in [4.78, 5) is 11.8. The van der Waals surface area contributed by atoms with Crippen LogP contribution in [-0.2, 0) is 0 Å². The van der Waals surface area contributed by atoms with E-state index in [2.05, 4.69) is 5.32 Å². The summed E-state index contributed by atoms with van der Waals surface area (Å²) in [5.74, 6) is -0.326. The van der Waals surface area contributed by atoms with Crippen molar-refractivity contribution in [2.24, 2.45) is 5.84 Å². The number of hydrogen-bond donors (Lipinski definition) is 3. The summed E-state index contributed by atoms with van der Waals surface area (Å²) >= 11 is 0. The molecule has 2 rings (SSSR count). The molecule has 2 aromatic carbocycles. The smallest absolute Gasteiger partial charge is 0.255 e. The molecule has 0 bridgehead atoms. The fraction of sp³-hybridized carbons (Fsp3) is 0. The van der Waals surface area contributed by atoms with Gasteiger partial charge in [0, 0.05) is 17.3 Å². The molecule has 0 atom stereocenters. The number of carbonyl (C=O) groups excluding carboxylic acids is 1. The first kappa shape index (κ1) is 14.8. The third-order valence-electron chi connectivity index (χ3n) is 2.63. The van der Waals surface area contributed by atoms with Crippen LogP contribution in [0.4, 0.5) is 28.9 Å². The Kier molecular flexibility index (Phi) is 4.08. The zero-order valence-electron chi connectivity index (χ0n) is 10.4. The van der Waals surface area contributed by atoms with Crippen LogP contribution in [0.5, 0.6) is 0 Å². The summed E-state index contributed by atoms with van der Waals surface area (Å²) in [6.45, 7) is 0. The topological polar surface area (TPSA) is 67.1 Å². The first-order valence-corrected chi connectivity index (χ1v) is 5.64. The van der Waals surface area contributed by atoms with Gasteiger partial charge in [-0.3, -0.25) is 10.6 Å². The van der Waals surface area contributed by atoms with Crippen LogP contribution in [0, 0.1) is 23.3 Å². The fourth-order valence-corrected chi connectivity index (χ4v) is 1.62. The Hall–Kier alpha value is -2.61. The van der Waals surface area contributed by atoms with E-state index in [4.69, 9.17) is 5.84 Å². The van der Waals surface area contributed by atoms with E-state index >= 15 is 0 Å². The molecule has 0 unspecified atom stereocenters. The van der Waals surface area contributed by atoms with E-state index < -0.39 is 34.9 Å². The van der Waals surface area contributed by atoms with Crippen molar-refractivity contribution in [1.82, 2.24) is 0 Å². The number of hydrazine groups is 1. The Morgan fingerprint density at radius 3 is 2.05 bits per heavy atom.